The van der Waals surface area contributed by atoms with Gasteiger partial charge in [0.15, 0.2) is 0 Å². The van der Waals surface area contributed by atoms with Crippen molar-refractivity contribution in [2.75, 3.05) is 34.8 Å². The van der Waals surface area contributed by atoms with Crippen LogP contribution in [0.4, 0.5) is 4.39 Å². The van der Waals surface area contributed by atoms with E-state index in [0.29, 0.717) is 24.6 Å². The molecule has 0 radical (unpaired) electrons. The summed E-state index contributed by atoms with van der Waals surface area (Å²) in [5.41, 5.74) is 3.20. The molecule has 4 aromatic carbocycles. The normalized spacial score (nSPS) is 21.7. The maximum atomic E-state index is 13.7. The second-order valence-corrected chi connectivity index (χ2v) is 17.3. The van der Waals surface area contributed by atoms with E-state index in [4.69, 9.17) is 9.47 Å². The predicted molar refractivity (Wildman–Crippen MR) is 241 cm³/mol. The van der Waals surface area contributed by atoms with Crippen molar-refractivity contribution in [2.24, 2.45) is 0 Å². The summed E-state index contributed by atoms with van der Waals surface area (Å²) >= 11 is 0. The monoisotopic (exact) mass is 835 g/mol. The van der Waals surface area contributed by atoms with Gasteiger partial charge in [-0.3, -0.25) is 14.4 Å². The number of aryl methyl sites for hydroxylation is 1. The van der Waals surface area contributed by atoms with Gasteiger partial charge in [-0.15, -0.1) is 0 Å². The first-order chi connectivity index (χ1) is 29.4. The van der Waals surface area contributed by atoms with Crippen molar-refractivity contribution in [2.45, 2.75) is 120 Å². The van der Waals surface area contributed by atoms with Crippen molar-refractivity contribution in [3.63, 3.8) is 0 Å². The molecule has 0 bridgehead atoms. The minimum Gasteiger partial charge on any atom is -0.494 e. The van der Waals surface area contributed by atoms with E-state index in [0.717, 1.165) is 81.9 Å². The molecule has 2 fully saturated rings. The Labute approximate surface area is 363 Å². The molecule has 2 amide bonds. The predicted octanol–water partition coefficient (Wildman–Crippen LogP) is 8.87. The van der Waals surface area contributed by atoms with Crippen molar-refractivity contribution in [3.05, 3.63) is 138 Å². The third-order valence-corrected chi connectivity index (χ3v) is 12.8. The molecule has 4 aromatic rings. The lowest BCUT2D eigenvalue weighted by molar-refractivity contribution is -0.154. The SMILES string of the molecule is CC(=O)OC(C(=O)NC1CCC(Cc2cccc(F)c2)(N(C)C)CC1)c1ccccc1.CN(C)C1(CCc2ccccc2)CCC(NC(=O)CCCOc2ccccc2)CC1. The number of carbonyl (C=O) groups excluding carboxylic acids is 3. The van der Waals surface area contributed by atoms with Crippen LogP contribution in [0.1, 0.15) is 100 Å². The van der Waals surface area contributed by atoms with Crippen LogP contribution in [0.2, 0.25) is 0 Å². The van der Waals surface area contributed by atoms with Gasteiger partial charge in [0.05, 0.1) is 6.61 Å². The van der Waals surface area contributed by atoms with E-state index in [-0.39, 0.29) is 34.8 Å². The first kappa shape index (κ1) is 47.0. The summed E-state index contributed by atoms with van der Waals surface area (Å²) in [5, 5.41) is 6.33. The average molecular weight is 835 g/mol. The van der Waals surface area contributed by atoms with Crippen LogP contribution in [0.3, 0.4) is 0 Å². The Hall–Kier alpha value is -5.06. The second-order valence-electron chi connectivity index (χ2n) is 17.3. The van der Waals surface area contributed by atoms with Gasteiger partial charge in [-0.05, 0) is 141 Å². The van der Waals surface area contributed by atoms with Gasteiger partial charge >= 0.3 is 5.97 Å². The number of nitrogens with one attached hydrogen (secondary N) is 2. The molecule has 61 heavy (non-hydrogen) atoms. The van der Waals surface area contributed by atoms with Crippen molar-refractivity contribution in [1.29, 1.82) is 0 Å². The summed E-state index contributed by atoms with van der Waals surface area (Å²) < 4.78 is 24.7. The first-order valence-electron chi connectivity index (χ1n) is 22.0. The van der Waals surface area contributed by atoms with Gasteiger partial charge in [-0.1, -0.05) is 91.0 Å². The number of carbonyl (C=O) groups is 3. The second kappa shape index (κ2) is 23.2. The summed E-state index contributed by atoms with van der Waals surface area (Å²) in [7, 11) is 8.53. The van der Waals surface area contributed by atoms with E-state index in [1.807, 2.05) is 54.6 Å². The summed E-state index contributed by atoms with van der Waals surface area (Å²) in [6.07, 6.45) is 11.1. The van der Waals surface area contributed by atoms with Crippen LogP contribution >= 0.6 is 0 Å². The molecule has 2 aliphatic rings. The van der Waals surface area contributed by atoms with Crippen molar-refractivity contribution in [3.8, 4) is 5.75 Å². The molecule has 2 N–H and O–H groups in total. The van der Waals surface area contributed by atoms with Gasteiger partial charge in [0.1, 0.15) is 11.6 Å². The van der Waals surface area contributed by atoms with Crippen LogP contribution in [0.5, 0.6) is 5.75 Å². The van der Waals surface area contributed by atoms with Gasteiger partial charge in [0, 0.05) is 42.1 Å². The van der Waals surface area contributed by atoms with E-state index in [1.165, 1.54) is 25.0 Å². The molecule has 2 aliphatic carbocycles. The van der Waals surface area contributed by atoms with Crippen LogP contribution in [0.15, 0.2) is 115 Å². The molecule has 328 valence electrons. The Balaban J connectivity index is 0.000000231. The van der Waals surface area contributed by atoms with Gasteiger partial charge in [0.2, 0.25) is 12.0 Å². The van der Waals surface area contributed by atoms with Crippen LogP contribution < -0.4 is 15.4 Å². The fraction of sp³-hybridized carbons (Fsp3) is 0.471. The van der Waals surface area contributed by atoms with E-state index < -0.39 is 12.1 Å². The molecule has 2 saturated carbocycles. The standard InChI is InChI=1S/C26H36N2O2.C25H31FN2O3/c1-28(2)26(18-15-22-10-5-3-6-11-22)19-16-23(17-20-26)27-25(29)14-9-21-30-24-12-7-4-8-13-24;1-18(29)31-23(20-9-5-4-6-10-20)24(30)27-22-12-14-25(15-13-22,28(2)3)17-19-8-7-11-21(26)16-19/h3-8,10-13,23H,9,14-21H2,1-2H3,(H,27,29);4-11,16,22-23H,12-15,17H2,1-3H3,(H,27,30). The lowest BCUT2D eigenvalue weighted by atomic mass is 9.74. The highest BCUT2D eigenvalue weighted by Crippen LogP contribution is 2.37. The Morgan fingerprint density at radius 3 is 1.82 bits per heavy atom. The summed E-state index contributed by atoms with van der Waals surface area (Å²) in [6.45, 7) is 1.88. The molecule has 0 aliphatic heterocycles. The lowest BCUT2D eigenvalue weighted by Crippen LogP contribution is -2.52. The number of ether oxygens (including phenoxy) is 2. The van der Waals surface area contributed by atoms with Crippen molar-refractivity contribution in [1.82, 2.24) is 20.4 Å². The molecule has 6 rings (SSSR count). The molecule has 10 heteroatoms. The highest BCUT2D eigenvalue weighted by atomic mass is 19.1. The zero-order valence-corrected chi connectivity index (χ0v) is 36.9. The number of rotatable bonds is 17. The Bertz CT molecular complexity index is 1930. The maximum Gasteiger partial charge on any atom is 0.303 e. The number of esters is 1. The van der Waals surface area contributed by atoms with Gasteiger partial charge < -0.3 is 29.9 Å². The Morgan fingerprint density at radius 1 is 0.705 bits per heavy atom. The Morgan fingerprint density at radius 2 is 1.25 bits per heavy atom. The summed E-state index contributed by atoms with van der Waals surface area (Å²) in [4.78, 5) is 41.5. The fourth-order valence-corrected chi connectivity index (χ4v) is 8.93. The summed E-state index contributed by atoms with van der Waals surface area (Å²) in [5.74, 6) is 0.00652. The van der Waals surface area contributed by atoms with Crippen LogP contribution in [0.25, 0.3) is 0 Å². The molecule has 0 spiro atoms. The smallest absolute Gasteiger partial charge is 0.303 e. The zero-order chi connectivity index (χ0) is 43.7. The van der Waals surface area contributed by atoms with E-state index >= 15 is 0 Å². The van der Waals surface area contributed by atoms with Crippen LogP contribution in [-0.2, 0) is 32.0 Å². The van der Waals surface area contributed by atoms with E-state index in [9.17, 15) is 18.8 Å². The minimum atomic E-state index is -0.952. The number of hydrogen-bond donors (Lipinski definition) is 2. The average Bonchev–Trinajstić information content (AvgIpc) is 3.26. The number of hydrogen-bond acceptors (Lipinski definition) is 7. The number of amides is 2. The van der Waals surface area contributed by atoms with Gasteiger partial charge in [-0.2, -0.15) is 0 Å². The molecule has 0 heterocycles. The molecule has 9 nitrogen and oxygen atoms in total. The maximum absolute atomic E-state index is 13.7. The number of likely N-dealkylation sites (N-methyl/N-ethyl adjacent to an activating group) is 1. The van der Waals surface area contributed by atoms with Gasteiger partial charge in [-0.25, -0.2) is 4.39 Å². The fourth-order valence-electron chi connectivity index (χ4n) is 8.93. The molecule has 1 atom stereocenters. The van der Waals surface area contributed by atoms with E-state index in [1.54, 1.807) is 24.3 Å². The third kappa shape index (κ3) is 14.5. The van der Waals surface area contributed by atoms with Crippen LogP contribution in [-0.4, -0.2) is 85.5 Å². The molecular weight excluding hydrogens is 768 g/mol. The minimum absolute atomic E-state index is 0.00912. The highest BCUT2D eigenvalue weighted by molar-refractivity contribution is 5.84. The van der Waals surface area contributed by atoms with Gasteiger partial charge in [0.25, 0.3) is 5.91 Å². The molecule has 0 aromatic heterocycles. The van der Waals surface area contributed by atoms with Crippen molar-refractivity contribution >= 4 is 17.8 Å². The number of halogens is 1. The zero-order valence-electron chi connectivity index (χ0n) is 36.9. The van der Waals surface area contributed by atoms with Crippen LogP contribution in [0, 0.1) is 5.82 Å². The number of para-hydroxylation sites is 1. The van der Waals surface area contributed by atoms with Crippen molar-refractivity contribution < 1.29 is 28.2 Å². The molecule has 1 unspecified atom stereocenters. The lowest BCUT2D eigenvalue weighted by Gasteiger charge is -2.45. The molecule has 0 saturated heterocycles. The quantitative estimate of drug-likeness (QED) is 0.0811. The van der Waals surface area contributed by atoms with E-state index in [2.05, 4.69) is 79.0 Å². The topological polar surface area (TPSA) is 100 Å². The number of nitrogens with zero attached hydrogens (tertiary/aromatic N) is 2. The molecular formula is C51H67FN4O5. The Kier molecular flexibility index (Phi) is 17.9. The highest BCUT2D eigenvalue weighted by Gasteiger charge is 2.39. The number of benzene rings is 4. The largest absolute Gasteiger partial charge is 0.494 e. The first-order valence-corrected chi connectivity index (χ1v) is 22.0. The summed E-state index contributed by atoms with van der Waals surface area (Å²) in [6, 6.07) is 36.7. The third-order valence-electron chi connectivity index (χ3n) is 12.8.